The molecule has 2 aliphatic rings. The fourth-order valence-electron chi connectivity index (χ4n) is 3.11. The SMILES string of the molecule is O=C(Cc1cccs1)NC[C@@H]1CC(=O)N(c2ccc3c(c2)OCO3)C1. The Morgan fingerprint density at radius 1 is 1.28 bits per heavy atom. The van der Waals surface area contributed by atoms with E-state index in [0.717, 1.165) is 10.6 Å². The van der Waals surface area contributed by atoms with Crippen LogP contribution in [0.15, 0.2) is 35.7 Å². The average Bonchev–Trinajstić information content (AvgIpc) is 3.33. The predicted octanol–water partition coefficient (Wildman–Crippen LogP) is 2.19. The quantitative estimate of drug-likeness (QED) is 0.890. The smallest absolute Gasteiger partial charge is 0.231 e. The van der Waals surface area contributed by atoms with Gasteiger partial charge in [-0.3, -0.25) is 9.59 Å². The molecular formula is C18H18N2O4S. The lowest BCUT2D eigenvalue weighted by Gasteiger charge is -2.17. The molecule has 1 N–H and O–H groups in total. The molecule has 2 aromatic rings. The first-order valence-corrected chi connectivity index (χ1v) is 9.06. The number of anilines is 1. The van der Waals surface area contributed by atoms with E-state index in [2.05, 4.69) is 5.32 Å². The molecule has 0 bridgehead atoms. The summed E-state index contributed by atoms with van der Waals surface area (Å²) in [5.41, 5.74) is 0.807. The summed E-state index contributed by atoms with van der Waals surface area (Å²) in [5.74, 6) is 1.55. The van der Waals surface area contributed by atoms with Crippen molar-refractivity contribution in [2.24, 2.45) is 5.92 Å². The van der Waals surface area contributed by atoms with Crippen LogP contribution in [0.2, 0.25) is 0 Å². The Hall–Kier alpha value is -2.54. The van der Waals surface area contributed by atoms with Gasteiger partial charge in [-0.05, 0) is 23.6 Å². The van der Waals surface area contributed by atoms with Crippen molar-refractivity contribution in [2.45, 2.75) is 12.8 Å². The van der Waals surface area contributed by atoms with Crippen molar-refractivity contribution in [1.82, 2.24) is 5.32 Å². The van der Waals surface area contributed by atoms with Gasteiger partial charge in [0.1, 0.15) is 0 Å². The number of thiophene rings is 1. The number of hydrogen-bond donors (Lipinski definition) is 1. The summed E-state index contributed by atoms with van der Waals surface area (Å²) in [5, 5.41) is 4.90. The fourth-order valence-corrected chi connectivity index (χ4v) is 3.82. The third kappa shape index (κ3) is 3.46. The number of fused-ring (bicyclic) bond motifs is 1. The molecule has 1 aromatic carbocycles. The van der Waals surface area contributed by atoms with Crippen LogP contribution in [0.1, 0.15) is 11.3 Å². The number of nitrogens with zero attached hydrogens (tertiary/aromatic N) is 1. The number of carbonyl (C=O) groups is 2. The van der Waals surface area contributed by atoms with Crippen LogP contribution in [-0.4, -0.2) is 31.7 Å². The third-order valence-corrected chi connectivity index (χ3v) is 5.25. The maximum absolute atomic E-state index is 12.3. The average molecular weight is 358 g/mol. The van der Waals surface area contributed by atoms with Crippen LogP contribution >= 0.6 is 11.3 Å². The molecule has 0 aliphatic carbocycles. The molecule has 0 saturated carbocycles. The van der Waals surface area contributed by atoms with E-state index < -0.39 is 0 Å². The number of nitrogens with one attached hydrogen (secondary N) is 1. The molecule has 2 aliphatic heterocycles. The van der Waals surface area contributed by atoms with Crippen LogP contribution < -0.4 is 19.7 Å². The van der Waals surface area contributed by atoms with E-state index in [4.69, 9.17) is 9.47 Å². The molecule has 1 atom stereocenters. The molecule has 25 heavy (non-hydrogen) atoms. The largest absolute Gasteiger partial charge is 0.454 e. The molecule has 1 saturated heterocycles. The van der Waals surface area contributed by atoms with E-state index in [-0.39, 0.29) is 24.5 Å². The second-order valence-corrected chi connectivity index (χ2v) is 7.20. The Bertz CT molecular complexity index is 790. The summed E-state index contributed by atoms with van der Waals surface area (Å²) < 4.78 is 10.7. The molecule has 3 heterocycles. The summed E-state index contributed by atoms with van der Waals surface area (Å²) in [4.78, 5) is 27.1. The van der Waals surface area contributed by atoms with Crippen LogP contribution in [0, 0.1) is 5.92 Å². The van der Waals surface area contributed by atoms with Gasteiger partial charge in [-0.2, -0.15) is 0 Å². The van der Waals surface area contributed by atoms with Crippen LogP contribution in [0.25, 0.3) is 0 Å². The molecule has 1 aromatic heterocycles. The summed E-state index contributed by atoms with van der Waals surface area (Å²) in [6, 6.07) is 9.40. The van der Waals surface area contributed by atoms with Crippen molar-refractivity contribution in [1.29, 1.82) is 0 Å². The zero-order valence-electron chi connectivity index (χ0n) is 13.6. The summed E-state index contributed by atoms with van der Waals surface area (Å²) in [7, 11) is 0. The van der Waals surface area contributed by atoms with Gasteiger partial charge in [-0.1, -0.05) is 6.07 Å². The van der Waals surface area contributed by atoms with E-state index in [1.165, 1.54) is 0 Å². The highest BCUT2D eigenvalue weighted by atomic mass is 32.1. The zero-order valence-corrected chi connectivity index (χ0v) is 14.4. The number of benzene rings is 1. The molecule has 2 amide bonds. The second-order valence-electron chi connectivity index (χ2n) is 6.17. The Morgan fingerprint density at radius 3 is 3.00 bits per heavy atom. The van der Waals surface area contributed by atoms with Crippen molar-refractivity contribution in [3.63, 3.8) is 0 Å². The van der Waals surface area contributed by atoms with Gasteiger partial charge in [0.15, 0.2) is 11.5 Å². The molecule has 4 rings (SSSR count). The third-order valence-electron chi connectivity index (χ3n) is 4.38. The maximum atomic E-state index is 12.3. The molecule has 0 spiro atoms. The minimum absolute atomic E-state index is 0.00331. The standard InChI is InChI=1S/C18H18N2O4S/c21-17(8-14-2-1-5-25-14)19-9-12-6-18(22)20(10-12)13-3-4-15-16(7-13)24-11-23-15/h1-5,7,12H,6,8-11H2,(H,19,21)/t12-/m0/s1. The molecule has 1 fully saturated rings. The van der Waals surface area contributed by atoms with Gasteiger partial charge in [0.2, 0.25) is 18.6 Å². The van der Waals surface area contributed by atoms with Gasteiger partial charge in [0, 0.05) is 42.1 Å². The molecular weight excluding hydrogens is 340 g/mol. The van der Waals surface area contributed by atoms with E-state index in [1.54, 1.807) is 16.2 Å². The van der Waals surface area contributed by atoms with Gasteiger partial charge in [-0.25, -0.2) is 0 Å². The molecule has 6 nitrogen and oxygen atoms in total. The normalized spacial score (nSPS) is 18.6. The Labute approximate surface area is 149 Å². The first kappa shape index (κ1) is 16.0. The van der Waals surface area contributed by atoms with E-state index in [0.29, 0.717) is 37.4 Å². The number of rotatable bonds is 5. The van der Waals surface area contributed by atoms with E-state index in [1.807, 2.05) is 35.7 Å². The van der Waals surface area contributed by atoms with Gasteiger partial charge in [0.25, 0.3) is 0 Å². The van der Waals surface area contributed by atoms with Crippen molar-refractivity contribution in [2.75, 3.05) is 24.8 Å². The first-order chi connectivity index (χ1) is 12.2. The number of carbonyl (C=O) groups excluding carboxylic acids is 2. The summed E-state index contributed by atoms with van der Waals surface area (Å²) in [6.07, 6.45) is 0.831. The minimum Gasteiger partial charge on any atom is -0.454 e. The summed E-state index contributed by atoms with van der Waals surface area (Å²) >= 11 is 1.57. The van der Waals surface area contributed by atoms with E-state index >= 15 is 0 Å². The number of hydrogen-bond acceptors (Lipinski definition) is 5. The van der Waals surface area contributed by atoms with Crippen LogP contribution in [0.4, 0.5) is 5.69 Å². The van der Waals surface area contributed by atoms with Crippen LogP contribution in [0.5, 0.6) is 11.5 Å². The number of ether oxygens (including phenoxy) is 2. The molecule has 130 valence electrons. The first-order valence-electron chi connectivity index (χ1n) is 8.18. The number of amides is 2. The lowest BCUT2D eigenvalue weighted by Crippen LogP contribution is -2.32. The second kappa shape index (κ2) is 6.76. The van der Waals surface area contributed by atoms with Gasteiger partial charge in [-0.15, -0.1) is 11.3 Å². The lowest BCUT2D eigenvalue weighted by atomic mass is 10.1. The maximum Gasteiger partial charge on any atom is 0.231 e. The minimum atomic E-state index is -0.00331. The van der Waals surface area contributed by atoms with Crippen LogP contribution in [0.3, 0.4) is 0 Å². The predicted molar refractivity (Wildman–Crippen MR) is 94.1 cm³/mol. The van der Waals surface area contributed by atoms with Crippen molar-refractivity contribution in [3.8, 4) is 11.5 Å². The van der Waals surface area contributed by atoms with E-state index in [9.17, 15) is 9.59 Å². The van der Waals surface area contributed by atoms with Crippen molar-refractivity contribution >= 4 is 28.8 Å². The highest BCUT2D eigenvalue weighted by Crippen LogP contribution is 2.37. The van der Waals surface area contributed by atoms with Gasteiger partial charge < -0.3 is 19.7 Å². The monoisotopic (exact) mass is 358 g/mol. The molecule has 0 radical (unpaired) electrons. The highest BCUT2D eigenvalue weighted by molar-refractivity contribution is 7.10. The Morgan fingerprint density at radius 2 is 2.16 bits per heavy atom. The lowest BCUT2D eigenvalue weighted by molar-refractivity contribution is -0.121. The zero-order chi connectivity index (χ0) is 17.2. The highest BCUT2D eigenvalue weighted by Gasteiger charge is 2.31. The molecule has 0 unspecified atom stereocenters. The Balaban J connectivity index is 1.33. The van der Waals surface area contributed by atoms with Gasteiger partial charge in [0.05, 0.1) is 6.42 Å². The van der Waals surface area contributed by atoms with Crippen molar-refractivity contribution < 1.29 is 19.1 Å². The Kier molecular flexibility index (Phi) is 4.31. The van der Waals surface area contributed by atoms with Crippen molar-refractivity contribution in [3.05, 3.63) is 40.6 Å². The fraction of sp³-hybridized carbons (Fsp3) is 0.333. The molecule has 7 heteroatoms. The summed E-state index contributed by atoms with van der Waals surface area (Å²) in [6.45, 7) is 1.32. The van der Waals surface area contributed by atoms with Gasteiger partial charge >= 0.3 is 0 Å². The van der Waals surface area contributed by atoms with Crippen LogP contribution in [-0.2, 0) is 16.0 Å². The topological polar surface area (TPSA) is 67.9 Å².